The molecule has 3 aliphatic rings. The van der Waals surface area contributed by atoms with Crippen LogP contribution < -0.4 is 5.32 Å². The second-order valence-electron chi connectivity index (χ2n) is 7.26. The van der Waals surface area contributed by atoms with E-state index in [0.717, 1.165) is 16.5 Å². The topological polar surface area (TPSA) is 62.3 Å². The van der Waals surface area contributed by atoms with Crippen molar-refractivity contribution in [1.29, 1.82) is 0 Å². The van der Waals surface area contributed by atoms with E-state index >= 15 is 0 Å². The van der Waals surface area contributed by atoms with E-state index < -0.39 is 0 Å². The number of ketones is 1. The fraction of sp³-hybridized carbons (Fsp3) is 0.381. The van der Waals surface area contributed by atoms with Crippen molar-refractivity contribution >= 4 is 23.5 Å². The second kappa shape index (κ2) is 7.82. The lowest BCUT2D eigenvalue weighted by Gasteiger charge is -2.44. The number of fused-ring (bicyclic) bond motifs is 3. The summed E-state index contributed by atoms with van der Waals surface area (Å²) >= 11 is 1.48. The number of hydrogen-bond acceptors (Lipinski definition) is 5. The van der Waals surface area contributed by atoms with Crippen LogP contribution in [-0.2, 0) is 0 Å². The molecule has 3 aliphatic heterocycles. The summed E-state index contributed by atoms with van der Waals surface area (Å²) < 4.78 is 0. The molecule has 0 spiro atoms. The molecule has 3 fully saturated rings. The molecule has 1 amide bonds. The Labute approximate surface area is 163 Å². The van der Waals surface area contributed by atoms with Crippen molar-refractivity contribution in [2.45, 2.75) is 35.7 Å². The van der Waals surface area contributed by atoms with Crippen molar-refractivity contribution in [1.82, 2.24) is 15.2 Å². The summed E-state index contributed by atoms with van der Waals surface area (Å²) in [5.74, 6) is 0.576. The molecule has 0 radical (unpaired) electrons. The Morgan fingerprint density at radius 3 is 2.48 bits per heavy atom. The normalized spacial score (nSPS) is 23.8. The van der Waals surface area contributed by atoms with Crippen molar-refractivity contribution in [3.8, 4) is 0 Å². The van der Waals surface area contributed by atoms with E-state index in [4.69, 9.17) is 0 Å². The van der Waals surface area contributed by atoms with Gasteiger partial charge in [0.15, 0.2) is 5.78 Å². The van der Waals surface area contributed by atoms with Crippen LogP contribution in [0.3, 0.4) is 0 Å². The van der Waals surface area contributed by atoms with Crippen LogP contribution in [-0.4, -0.2) is 47.3 Å². The zero-order valence-electron chi connectivity index (χ0n) is 15.4. The number of amides is 1. The van der Waals surface area contributed by atoms with Crippen molar-refractivity contribution in [2.75, 3.05) is 19.6 Å². The van der Waals surface area contributed by atoms with E-state index in [1.165, 1.54) is 44.6 Å². The molecule has 1 atom stereocenters. The zero-order valence-corrected chi connectivity index (χ0v) is 16.2. The van der Waals surface area contributed by atoms with Gasteiger partial charge in [-0.15, -0.1) is 0 Å². The highest BCUT2D eigenvalue weighted by atomic mass is 32.2. The highest BCUT2D eigenvalue weighted by molar-refractivity contribution is 7.99. The molecular weight excluding hydrogens is 358 g/mol. The number of nitrogens with one attached hydrogen (secondary N) is 1. The van der Waals surface area contributed by atoms with Gasteiger partial charge in [0.05, 0.1) is 0 Å². The molecule has 5 rings (SSSR count). The number of piperidine rings is 3. The number of rotatable bonds is 5. The summed E-state index contributed by atoms with van der Waals surface area (Å²) in [6.07, 6.45) is 2.37. The molecule has 0 unspecified atom stereocenters. The number of benzene rings is 1. The summed E-state index contributed by atoms with van der Waals surface area (Å²) in [5, 5.41) is 3.99. The molecule has 5 nitrogen and oxygen atoms in total. The van der Waals surface area contributed by atoms with Crippen LogP contribution in [0.5, 0.6) is 0 Å². The first-order valence-electron chi connectivity index (χ1n) is 9.37. The summed E-state index contributed by atoms with van der Waals surface area (Å²) in [6, 6.07) is 13.3. The standard InChI is InChI=1S/C21H23N3O2S/c1-14(25)18-3-2-4-20(22-18)27-17-7-5-16(6-8-17)21(26)23-19-13-24-11-9-15(19)10-12-24/h2-8,15,19H,9-13H2,1H3,(H,23,26)/t19-/m0/s1. The first-order chi connectivity index (χ1) is 13.1. The number of nitrogens with zero attached hydrogens (tertiary/aromatic N) is 2. The third kappa shape index (κ3) is 4.22. The van der Waals surface area contributed by atoms with Crippen molar-refractivity contribution in [3.05, 3.63) is 53.7 Å². The zero-order chi connectivity index (χ0) is 18.8. The molecule has 140 valence electrons. The number of carbonyl (C=O) groups is 2. The fourth-order valence-corrected chi connectivity index (χ4v) is 4.65. The van der Waals surface area contributed by atoms with Crippen LogP contribution in [0.4, 0.5) is 0 Å². The smallest absolute Gasteiger partial charge is 0.251 e. The van der Waals surface area contributed by atoms with Gasteiger partial charge in [-0.05, 0) is 68.2 Å². The summed E-state index contributed by atoms with van der Waals surface area (Å²) in [5.41, 5.74) is 1.15. The van der Waals surface area contributed by atoms with Crippen LogP contribution in [0.15, 0.2) is 52.4 Å². The third-order valence-corrected chi connectivity index (χ3v) is 6.34. The Bertz CT molecular complexity index is 845. The van der Waals surface area contributed by atoms with Gasteiger partial charge in [-0.2, -0.15) is 0 Å². The molecule has 1 aromatic carbocycles. The summed E-state index contributed by atoms with van der Waals surface area (Å²) in [4.78, 5) is 31.8. The minimum atomic E-state index is -0.0442. The van der Waals surface area contributed by atoms with E-state index in [9.17, 15) is 9.59 Å². The number of pyridine rings is 1. The fourth-order valence-electron chi connectivity index (χ4n) is 3.84. The molecule has 4 heterocycles. The average Bonchev–Trinajstić information content (AvgIpc) is 2.69. The molecular formula is C21H23N3O2S. The Morgan fingerprint density at radius 2 is 1.85 bits per heavy atom. The molecule has 2 aromatic rings. The maximum absolute atomic E-state index is 12.6. The molecule has 1 aromatic heterocycles. The Hall–Kier alpha value is -2.18. The van der Waals surface area contributed by atoms with E-state index in [-0.39, 0.29) is 17.7 Å². The molecule has 1 N–H and O–H groups in total. The van der Waals surface area contributed by atoms with E-state index in [1.807, 2.05) is 36.4 Å². The molecule has 0 saturated carbocycles. The van der Waals surface area contributed by atoms with Gasteiger partial charge in [-0.3, -0.25) is 9.59 Å². The lowest BCUT2D eigenvalue weighted by atomic mass is 9.84. The minimum absolute atomic E-state index is 0.00185. The van der Waals surface area contributed by atoms with Gasteiger partial charge >= 0.3 is 0 Å². The van der Waals surface area contributed by atoms with Crippen LogP contribution in [0.1, 0.15) is 40.6 Å². The molecule has 2 bridgehead atoms. The minimum Gasteiger partial charge on any atom is -0.348 e. The van der Waals surface area contributed by atoms with E-state index in [1.54, 1.807) is 6.07 Å². The maximum atomic E-state index is 12.6. The summed E-state index contributed by atoms with van der Waals surface area (Å²) in [7, 11) is 0. The van der Waals surface area contributed by atoms with E-state index in [2.05, 4.69) is 15.2 Å². The van der Waals surface area contributed by atoms with Crippen molar-refractivity contribution in [3.63, 3.8) is 0 Å². The lowest BCUT2D eigenvalue weighted by molar-refractivity contribution is 0.0620. The lowest BCUT2D eigenvalue weighted by Crippen LogP contribution is -2.57. The SMILES string of the molecule is CC(=O)c1cccc(Sc2ccc(C(=O)N[C@H]3CN4CCC3CC4)cc2)n1. The Balaban J connectivity index is 1.39. The van der Waals surface area contributed by atoms with Gasteiger partial charge in [0.2, 0.25) is 0 Å². The highest BCUT2D eigenvalue weighted by Crippen LogP contribution is 2.28. The van der Waals surface area contributed by atoms with Gasteiger partial charge in [0.25, 0.3) is 5.91 Å². The Kier molecular flexibility index (Phi) is 5.27. The van der Waals surface area contributed by atoms with Crippen LogP contribution in [0, 0.1) is 5.92 Å². The van der Waals surface area contributed by atoms with Gasteiger partial charge in [0, 0.05) is 30.0 Å². The summed E-state index contributed by atoms with van der Waals surface area (Å²) in [6.45, 7) is 4.82. The predicted octanol–water partition coefficient (Wildman–Crippen LogP) is 3.26. The molecule has 6 heteroatoms. The number of aromatic nitrogens is 1. The number of Topliss-reactive ketones (excluding diaryl/α,β-unsaturated/α-hetero) is 1. The van der Waals surface area contributed by atoms with E-state index in [0.29, 0.717) is 17.2 Å². The van der Waals surface area contributed by atoms with Gasteiger partial charge in [-0.1, -0.05) is 17.8 Å². The van der Waals surface area contributed by atoms with Crippen LogP contribution in [0.25, 0.3) is 0 Å². The third-order valence-electron chi connectivity index (χ3n) is 5.40. The largest absolute Gasteiger partial charge is 0.348 e. The number of hydrogen-bond donors (Lipinski definition) is 1. The first kappa shape index (κ1) is 18.2. The highest BCUT2D eigenvalue weighted by Gasteiger charge is 2.34. The predicted molar refractivity (Wildman–Crippen MR) is 105 cm³/mol. The van der Waals surface area contributed by atoms with Gasteiger partial charge in [-0.25, -0.2) is 4.98 Å². The monoisotopic (exact) mass is 381 g/mol. The van der Waals surface area contributed by atoms with Crippen molar-refractivity contribution in [2.24, 2.45) is 5.92 Å². The maximum Gasteiger partial charge on any atom is 0.251 e. The quantitative estimate of drug-likeness (QED) is 0.806. The molecule has 3 saturated heterocycles. The molecule has 27 heavy (non-hydrogen) atoms. The van der Waals surface area contributed by atoms with Gasteiger partial charge in [0.1, 0.15) is 10.7 Å². The average molecular weight is 382 g/mol. The van der Waals surface area contributed by atoms with Crippen LogP contribution >= 0.6 is 11.8 Å². The van der Waals surface area contributed by atoms with Crippen LogP contribution in [0.2, 0.25) is 0 Å². The first-order valence-corrected chi connectivity index (χ1v) is 10.2. The Morgan fingerprint density at radius 1 is 1.11 bits per heavy atom. The van der Waals surface area contributed by atoms with Gasteiger partial charge < -0.3 is 10.2 Å². The molecule has 0 aliphatic carbocycles. The second-order valence-corrected chi connectivity index (χ2v) is 8.36. The number of carbonyl (C=O) groups excluding carboxylic acids is 2. The van der Waals surface area contributed by atoms with Crippen molar-refractivity contribution < 1.29 is 9.59 Å².